The molecule has 2 fully saturated rings. The molecule has 3 nitrogen and oxygen atoms in total. The summed E-state index contributed by atoms with van der Waals surface area (Å²) in [5.74, 6) is -0.699. The molecule has 2 N–H and O–H groups in total. The second kappa shape index (κ2) is 5.89. The summed E-state index contributed by atoms with van der Waals surface area (Å²) in [4.78, 5) is 1.62. The van der Waals surface area contributed by atoms with Crippen molar-refractivity contribution in [2.45, 2.75) is 44.4 Å². The van der Waals surface area contributed by atoms with Crippen molar-refractivity contribution in [2.24, 2.45) is 5.92 Å². The van der Waals surface area contributed by atoms with E-state index in [1.165, 1.54) is 12.1 Å². The monoisotopic (exact) mass is 296 g/mol. The summed E-state index contributed by atoms with van der Waals surface area (Å²) >= 11 is 0. The molecule has 116 valence electrons. The molecule has 0 spiro atoms. The van der Waals surface area contributed by atoms with Crippen LogP contribution in [-0.2, 0) is 6.54 Å². The third-order valence-electron chi connectivity index (χ3n) is 4.37. The average Bonchev–Trinajstić information content (AvgIpc) is 3.17. The van der Waals surface area contributed by atoms with Crippen LogP contribution in [0.5, 0.6) is 0 Å². The van der Waals surface area contributed by atoms with Gasteiger partial charge in [-0.3, -0.25) is 0 Å². The molecule has 3 rings (SSSR count). The Hall–Kier alpha value is -1.20. The van der Waals surface area contributed by atoms with Gasteiger partial charge in [0.15, 0.2) is 0 Å². The number of halogens is 2. The van der Waals surface area contributed by atoms with Crippen molar-refractivity contribution < 1.29 is 13.9 Å². The van der Waals surface area contributed by atoms with E-state index in [4.69, 9.17) is 0 Å². The van der Waals surface area contributed by atoms with Gasteiger partial charge in [-0.05, 0) is 49.3 Å². The zero-order valence-electron chi connectivity index (χ0n) is 12.3. The maximum absolute atomic E-state index is 14.2. The largest absolute Gasteiger partial charge is 0.393 e. The van der Waals surface area contributed by atoms with Gasteiger partial charge < -0.3 is 15.3 Å². The Morgan fingerprint density at radius 3 is 2.38 bits per heavy atom. The third kappa shape index (κ3) is 3.52. The SMILES string of the molecule is CN(CC1CC(O)C1)c1c(F)cc(CNC2CC2)cc1F. The summed E-state index contributed by atoms with van der Waals surface area (Å²) in [7, 11) is 1.70. The Balaban J connectivity index is 1.65. The molecular weight excluding hydrogens is 274 g/mol. The molecule has 1 aromatic rings. The van der Waals surface area contributed by atoms with Gasteiger partial charge in [-0.1, -0.05) is 0 Å². The average molecular weight is 296 g/mol. The van der Waals surface area contributed by atoms with Crippen LogP contribution in [0.3, 0.4) is 0 Å². The van der Waals surface area contributed by atoms with E-state index in [0.29, 0.717) is 30.6 Å². The molecule has 2 saturated carbocycles. The summed E-state index contributed by atoms with van der Waals surface area (Å²) in [6.45, 7) is 1.09. The van der Waals surface area contributed by atoms with Crippen LogP contribution in [0.1, 0.15) is 31.2 Å². The predicted octanol–water partition coefficient (Wildman–Crippen LogP) is 2.42. The third-order valence-corrected chi connectivity index (χ3v) is 4.37. The molecule has 0 atom stereocenters. The molecular formula is C16H22F2N2O. The number of hydrogen-bond acceptors (Lipinski definition) is 3. The molecule has 21 heavy (non-hydrogen) atoms. The minimum absolute atomic E-state index is 0.0339. The maximum atomic E-state index is 14.2. The highest BCUT2D eigenvalue weighted by molar-refractivity contribution is 5.50. The first-order chi connectivity index (χ1) is 10.0. The molecule has 0 heterocycles. The lowest BCUT2D eigenvalue weighted by Crippen LogP contribution is -2.37. The number of nitrogens with zero attached hydrogens (tertiary/aromatic N) is 1. The summed E-state index contributed by atoms with van der Waals surface area (Å²) in [6.07, 6.45) is 3.50. The molecule has 1 aromatic carbocycles. The molecule has 0 unspecified atom stereocenters. The summed E-state index contributed by atoms with van der Waals surface area (Å²) in [6, 6.07) is 3.35. The van der Waals surface area contributed by atoms with Crippen LogP contribution in [0.15, 0.2) is 12.1 Å². The molecule has 0 aromatic heterocycles. The van der Waals surface area contributed by atoms with Crippen molar-refractivity contribution in [1.29, 1.82) is 0 Å². The number of aliphatic hydroxyl groups is 1. The van der Waals surface area contributed by atoms with Crippen LogP contribution in [-0.4, -0.2) is 30.8 Å². The summed E-state index contributed by atoms with van der Waals surface area (Å²) in [5.41, 5.74) is 0.680. The van der Waals surface area contributed by atoms with Crippen LogP contribution >= 0.6 is 0 Å². The van der Waals surface area contributed by atoms with Crippen LogP contribution in [0, 0.1) is 17.6 Å². The normalized spacial score (nSPS) is 24.8. The molecule has 2 aliphatic carbocycles. The second-order valence-corrected chi connectivity index (χ2v) is 6.44. The first kappa shape index (κ1) is 14.7. The van der Waals surface area contributed by atoms with Crippen molar-refractivity contribution in [1.82, 2.24) is 5.32 Å². The summed E-state index contributed by atoms with van der Waals surface area (Å²) in [5, 5.41) is 12.5. The number of rotatable bonds is 6. The number of anilines is 1. The van der Waals surface area contributed by atoms with Gasteiger partial charge in [0.2, 0.25) is 0 Å². The fourth-order valence-electron chi connectivity index (χ4n) is 2.96. The molecule has 5 heteroatoms. The molecule has 0 radical (unpaired) electrons. The highest BCUT2D eigenvalue weighted by Crippen LogP contribution is 2.31. The Bertz CT molecular complexity index is 490. The van der Waals surface area contributed by atoms with Gasteiger partial charge in [0, 0.05) is 26.2 Å². The lowest BCUT2D eigenvalue weighted by molar-refractivity contribution is 0.0464. The van der Waals surface area contributed by atoms with E-state index in [2.05, 4.69) is 5.32 Å². The van der Waals surface area contributed by atoms with Crippen LogP contribution < -0.4 is 10.2 Å². The zero-order chi connectivity index (χ0) is 15.0. The lowest BCUT2D eigenvalue weighted by atomic mass is 9.82. The van der Waals surface area contributed by atoms with Gasteiger partial charge in [0.1, 0.15) is 17.3 Å². The van der Waals surface area contributed by atoms with Gasteiger partial charge in [-0.2, -0.15) is 0 Å². The minimum atomic E-state index is -0.509. The molecule has 0 amide bonds. The van der Waals surface area contributed by atoms with Crippen LogP contribution in [0.4, 0.5) is 14.5 Å². The van der Waals surface area contributed by atoms with Gasteiger partial charge in [0.05, 0.1) is 6.10 Å². The first-order valence-corrected chi connectivity index (χ1v) is 7.63. The first-order valence-electron chi connectivity index (χ1n) is 7.63. The highest BCUT2D eigenvalue weighted by Gasteiger charge is 2.29. The Labute approximate surface area is 124 Å². The molecule has 0 saturated heterocycles. The van der Waals surface area contributed by atoms with Gasteiger partial charge in [-0.15, -0.1) is 0 Å². The predicted molar refractivity (Wildman–Crippen MR) is 78.2 cm³/mol. The Morgan fingerprint density at radius 2 is 1.86 bits per heavy atom. The highest BCUT2D eigenvalue weighted by atomic mass is 19.1. The number of aliphatic hydroxyl groups excluding tert-OH is 1. The van der Waals surface area contributed by atoms with Crippen molar-refractivity contribution in [3.8, 4) is 0 Å². The van der Waals surface area contributed by atoms with Gasteiger partial charge >= 0.3 is 0 Å². The maximum Gasteiger partial charge on any atom is 0.149 e. The van der Waals surface area contributed by atoms with E-state index in [0.717, 1.165) is 25.7 Å². The number of hydrogen-bond donors (Lipinski definition) is 2. The topological polar surface area (TPSA) is 35.5 Å². The van der Waals surface area contributed by atoms with Gasteiger partial charge in [0.25, 0.3) is 0 Å². The number of nitrogens with one attached hydrogen (secondary N) is 1. The van der Waals surface area contributed by atoms with E-state index < -0.39 is 11.6 Å². The summed E-state index contributed by atoms with van der Waals surface area (Å²) < 4.78 is 28.4. The molecule has 2 aliphatic rings. The lowest BCUT2D eigenvalue weighted by Gasteiger charge is -2.35. The quantitative estimate of drug-likeness (QED) is 0.846. The van der Waals surface area contributed by atoms with Crippen molar-refractivity contribution in [3.05, 3.63) is 29.3 Å². The fourth-order valence-corrected chi connectivity index (χ4v) is 2.96. The smallest absolute Gasteiger partial charge is 0.149 e. The standard InChI is InChI=1S/C16H22F2N2O/c1-20(9-11-4-13(21)5-11)16-14(17)6-10(7-15(16)18)8-19-12-2-3-12/h6-7,11-13,19,21H,2-5,8-9H2,1H3. The fraction of sp³-hybridized carbons (Fsp3) is 0.625. The Kier molecular flexibility index (Phi) is 4.13. The second-order valence-electron chi connectivity index (χ2n) is 6.44. The van der Waals surface area contributed by atoms with E-state index in [9.17, 15) is 13.9 Å². The van der Waals surface area contributed by atoms with E-state index in [1.807, 2.05) is 0 Å². The van der Waals surface area contributed by atoms with Crippen LogP contribution in [0.2, 0.25) is 0 Å². The van der Waals surface area contributed by atoms with Crippen molar-refractivity contribution in [2.75, 3.05) is 18.5 Å². The van der Waals surface area contributed by atoms with Crippen molar-refractivity contribution in [3.63, 3.8) is 0 Å². The number of benzene rings is 1. The molecule has 0 aliphatic heterocycles. The van der Waals surface area contributed by atoms with E-state index >= 15 is 0 Å². The minimum Gasteiger partial charge on any atom is -0.393 e. The Morgan fingerprint density at radius 1 is 1.24 bits per heavy atom. The molecule has 0 bridgehead atoms. The van der Waals surface area contributed by atoms with E-state index in [1.54, 1.807) is 11.9 Å². The zero-order valence-corrected chi connectivity index (χ0v) is 12.3. The van der Waals surface area contributed by atoms with E-state index in [-0.39, 0.29) is 11.8 Å². The van der Waals surface area contributed by atoms with Crippen molar-refractivity contribution >= 4 is 5.69 Å². The van der Waals surface area contributed by atoms with Gasteiger partial charge in [-0.25, -0.2) is 8.78 Å². The van der Waals surface area contributed by atoms with Crippen LogP contribution in [0.25, 0.3) is 0 Å².